The summed E-state index contributed by atoms with van der Waals surface area (Å²) in [5.41, 5.74) is 5.90. The molecule has 0 bridgehead atoms. The molecule has 1 unspecified atom stereocenters. The third-order valence-corrected chi connectivity index (χ3v) is 4.34. The second-order valence-electron chi connectivity index (χ2n) is 5.48. The van der Waals surface area contributed by atoms with E-state index in [0.717, 1.165) is 29.9 Å². The molecule has 21 heavy (non-hydrogen) atoms. The normalized spacial score (nSPS) is 17.9. The highest BCUT2D eigenvalue weighted by atomic mass is 16.5. The quantitative estimate of drug-likeness (QED) is 0.676. The number of H-pyrrole nitrogens is 2. The van der Waals surface area contributed by atoms with Gasteiger partial charge in [-0.3, -0.25) is 0 Å². The first-order chi connectivity index (χ1) is 10.3. The lowest BCUT2D eigenvalue weighted by molar-refractivity contribution is 0.415. The Hall–Kier alpha value is -2.27. The summed E-state index contributed by atoms with van der Waals surface area (Å²) in [6, 6.07) is 6.26. The Labute approximate surface area is 122 Å². The van der Waals surface area contributed by atoms with Crippen LogP contribution in [0.1, 0.15) is 28.7 Å². The van der Waals surface area contributed by atoms with Crippen LogP contribution >= 0.6 is 0 Å². The standard InChI is InChI=1S/C16H18N4O/c1-9-11-7-10(21-2)3-4-12(11)20-14(9)16-15-13(5-6-17-16)18-8-19-15/h3-4,7-8,16-17,20H,5-6H2,1-2H3,(H,18,19). The smallest absolute Gasteiger partial charge is 0.119 e. The third-order valence-electron chi connectivity index (χ3n) is 4.34. The number of aryl methyl sites for hydroxylation is 1. The van der Waals surface area contributed by atoms with Crippen LogP contribution in [0.2, 0.25) is 0 Å². The fourth-order valence-electron chi connectivity index (χ4n) is 3.20. The van der Waals surface area contributed by atoms with Crippen molar-refractivity contribution in [2.24, 2.45) is 0 Å². The zero-order valence-electron chi connectivity index (χ0n) is 12.2. The van der Waals surface area contributed by atoms with Gasteiger partial charge in [-0.15, -0.1) is 0 Å². The molecular weight excluding hydrogens is 264 g/mol. The molecule has 1 aromatic carbocycles. The molecular formula is C16H18N4O. The van der Waals surface area contributed by atoms with Crippen molar-refractivity contribution in [2.45, 2.75) is 19.4 Å². The Morgan fingerprint density at radius 1 is 1.33 bits per heavy atom. The molecule has 1 aliphatic rings. The van der Waals surface area contributed by atoms with Gasteiger partial charge in [0.15, 0.2) is 0 Å². The van der Waals surface area contributed by atoms with Crippen molar-refractivity contribution in [1.29, 1.82) is 0 Å². The molecule has 0 saturated carbocycles. The largest absolute Gasteiger partial charge is 0.497 e. The number of nitrogens with zero attached hydrogens (tertiary/aromatic N) is 1. The highest BCUT2D eigenvalue weighted by Crippen LogP contribution is 2.33. The third kappa shape index (κ3) is 1.85. The molecule has 0 fully saturated rings. The summed E-state index contributed by atoms with van der Waals surface area (Å²) in [5.74, 6) is 0.883. The summed E-state index contributed by atoms with van der Waals surface area (Å²) in [6.07, 6.45) is 2.78. The zero-order chi connectivity index (χ0) is 14.4. The van der Waals surface area contributed by atoms with Crippen molar-refractivity contribution < 1.29 is 4.74 Å². The van der Waals surface area contributed by atoms with E-state index in [1.807, 2.05) is 6.07 Å². The minimum absolute atomic E-state index is 0.124. The van der Waals surface area contributed by atoms with Gasteiger partial charge in [-0.2, -0.15) is 0 Å². The minimum atomic E-state index is 0.124. The molecule has 4 rings (SSSR count). The number of rotatable bonds is 2. The van der Waals surface area contributed by atoms with E-state index >= 15 is 0 Å². The van der Waals surface area contributed by atoms with E-state index in [1.165, 1.54) is 22.3 Å². The highest BCUT2D eigenvalue weighted by Gasteiger charge is 2.26. The number of imidazole rings is 1. The van der Waals surface area contributed by atoms with Crippen LogP contribution in [0, 0.1) is 6.92 Å². The predicted molar refractivity (Wildman–Crippen MR) is 81.7 cm³/mol. The van der Waals surface area contributed by atoms with Crippen LogP contribution in [0.15, 0.2) is 24.5 Å². The van der Waals surface area contributed by atoms with E-state index in [2.05, 4.69) is 39.3 Å². The second kappa shape index (κ2) is 4.63. The summed E-state index contributed by atoms with van der Waals surface area (Å²) in [4.78, 5) is 11.3. The van der Waals surface area contributed by atoms with Crippen molar-refractivity contribution in [2.75, 3.05) is 13.7 Å². The number of nitrogens with one attached hydrogen (secondary N) is 3. The molecule has 0 spiro atoms. The molecule has 0 amide bonds. The fourth-order valence-corrected chi connectivity index (χ4v) is 3.20. The lowest BCUT2D eigenvalue weighted by Crippen LogP contribution is -2.31. The monoisotopic (exact) mass is 282 g/mol. The summed E-state index contributed by atoms with van der Waals surface area (Å²) in [6.45, 7) is 3.11. The number of methoxy groups -OCH3 is 1. The van der Waals surface area contributed by atoms with Gasteiger partial charge in [0.1, 0.15) is 5.75 Å². The Kier molecular flexibility index (Phi) is 2.75. The molecule has 3 heterocycles. The highest BCUT2D eigenvalue weighted by molar-refractivity contribution is 5.86. The number of benzene rings is 1. The number of hydrogen-bond donors (Lipinski definition) is 3. The van der Waals surface area contributed by atoms with Gasteiger partial charge in [0.2, 0.25) is 0 Å². The van der Waals surface area contributed by atoms with Gasteiger partial charge in [0, 0.05) is 35.3 Å². The number of fused-ring (bicyclic) bond motifs is 2. The van der Waals surface area contributed by atoms with Gasteiger partial charge < -0.3 is 20.0 Å². The Bertz CT molecular complexity index is 802. The first-order valence-corrected chi connectivity index (χ1v) is 7.19. The van der Waals surface area contributed by atoms with E-state index < -0.39 is 0 Å². The molecule has 1 aliphatic heterocycles. The molecule has 0 saturated heterocycles. The number of aromatic amines is 2. The molecule has 5 heteroatoms. The van der Waals surface area contributed by atoms with Crippen molar-refractivity contribution >= 4 is 10.9 Å². The fraction of sp³-hybridized carbons (Fsp3) is 0.312. The average molecular weight is 282 g/mol. The maximum absolute atomic E-state index is 5.33. The van der Waals surface area contributed by atoms with E-state index in [9.17, 15) is 0 Å². The van der Waals surface area contributed by atoms with Gasteiger partial charge >= 0.3 is 0 Å². The first kappa shape index (κ1) is 12.5. The zero-order valence-corrected chi connectivity index (χ0v) is 12.2. The van der Waals surface area contributed by atoms with Gasteiger partial charge in [0.05, 0.1) is 25.2 Å². The van der Waals surface area contributed by atoms with Crippen molar-refractivity contribution in [3.05, 3.63) is 47.2 Å². The maximum Gasteiger partial charge on any atom is 0.119 e. The second-order valence-corrected chi connectivity index (χ2v) is 5.48. The van der Waals surface area contributed by atoms with Crippen molar-refractivity contribution in [1.82, 2.24) is 20.3 Å². The van der Waals surface area contributed by atoms with Crippen LogP contribution in [0.5, 0.6) is 5.75 Å². The average Bonchev–Trinajstić information content (AvgIpc) is 3.11. The lowest BCUT2D eigenvalue weighted by Gasteiger charge is -2.23. The Morgan fingerprint density at radius 3 is 3.10 bits per heavy atom. The molecule has 1 atom stereocenters. The van der Waals surface area contributed by atoms with Gasteiger partial charge in [0.25, 0.3) is 0 Å². The summed E-state index contributed by atoms with van der Waals surface area (Å²) < 4.78 is 5.33. The predicted octanol–water partition coefficient (Wildman–Crippen LogP) is 2.44. The van der Waals surface area contributed by atoms with E-state index in [0.29, 0.717) is 0 Å². The van der Waals surface area contributed by atoms with Crippen LogP contribution in [-0.4, -0.2) is 28.6 Å². The molecule has 0 aliphatic carbocycles. The summed E-state index contributed by atoms with van der Waals surface area (Å²) in [5, 5.41) is 4.77. The Balaban J connectivity index is 1.87. The van der Waals surface area contributed by atoms with E-state index in [1.54, 1.807) is 13.4 Å². The van der Waals surface area contributed by atoms with E-state index in [4.69, 9.17) is 4.74 Å². The van der Waals surface area contributed by atoms with Gasteiger partial charge in [-0.1, -0.05) is 0 Å². The topological polar surface area (TPSA) is 65.7 Å². The summed E-state index contributed by atoms with van der Waals surface area (Å²) >= 11 is 0. The SMILES string of the molecule is COc1ccc2[nH]c(C3NCCc4[nH]cnc43)c(C)c2c1. The van der Waals surface area contributed by atoms with Crippen LogP contribution in [0.4, 0.5) is 0 Å². The van der Waals surface area contributed by atoms with Crippen LogP contribution in [0.3, 0.4) is 0 Å². The van der Waals surface area contributed by atoms with Crippen LogP contribution < -0.4 is 10.1 Å². The van der Waals surface area contributed by atoms with Crippen molar-refractivity contribution in [3.63, 3.8) is 0 Å². The van der Waals surface area contributed by atoms with Crippen LogP contribution in [-0.2, 0) is 6.42 Å². The summed E-state index contributed by atoms with van der Waals surface area (Å²) in [7, 11) is 1.70. The van der Waals surface area contributed by atoms with Crippen LogP contribution in [0.25, 0.3) is 10.9 Å². The number of aromatic nitrogens is 3. The lowest BCUT2D eigenvalue weighted by atomic mass is 9.99. The molecule has 3 aromatic rings. The van der Waals surface area contributed by atoms with Gasteiger partial charge in [-0.25, -0.2) is 4.98 Å². The molecule has 0 radical (unpaired) electrons. The minimum Gasteiger partial charge on any atom is -0.497 e. The first-order valence-electron chi connectivity index (χ1n) is 7.19. The van der Waals surface area contributed by atoms with Gasteiger partial charge in [-0.05, 0) is 30.7 Å². The number of hydrogen-bond acceptors (Lipinski definition) is 3. The molecule has 3 N–H and O–H groups in total. The van der Waals surface area contributed by atoms with Crippen molar-refractivity contribution in [3.8, 4) is 5.75 Å². The van der Waals surface area contributed by atoms with E-state index in [-0.39, 0.29) is 6.04 Å². The molecule has 108 valence electrons. The molecule has 2 aromatic heterocycles. The number of ether oxygens (including phenoxy) is 1. The maximum atomic E-state index is 5.33. The molecule has 5 nitrogen and oxygen atoms in total. The Morgan fingerprint density at radius 2 is 2.24 bits per heavy atom.